The van der Waals surface area contributed by atoms with Gasteiger partial charge in [-0.2, -0.15) is 0 Å². The van der Waals surface area contributed by atoms with Gasteiger partial charge in [-0.15, -0.1) is 0 Å². The maximum Gasteiger partial charge on any atom is 0.135 e. The average Bonchev–Trinajstić information content (AvgIpc) is 2.87. The van der Waals surface area contributed by atoms with Gasteiger partial charge in [0.2, 0.25) is 0 Å². The molecular formula is C19H16O. The number of allylic oxidation sites excluding steroid dienone is 2. The molecule has 98 valence electrons. The Hall–Kier alpha value is -2.28. The van der Waals surface area contributed by atoms with Crippen molar-refractivity contribution in [1.29, 1.82) is 0 Å². The number of para-hydroxylation sites is 1. The summed E-state index contributed by atoms with van der Waals surface area (Å²) in [6.45, 7) is 2.11. The average molecular weight is 260 g/mol. The number of aryl methyl sites for hydroxylation is 1. The SMILES string of the molecule is Cc1ccc(-c2cccc3c2OC2CC=CC=C32)cc1. The van der Waals surface area contributed by atoms with Gasteiger partial charge in [-0.3, -0.25) is 0 Å². The highest BCUT2D eigenvalue weighted by Crippen LogP contribution is 2.45. The first kappa shape index (κ1) is 11.5. The molecule has 1 atom stereocenters. The van der Waals surface area contributed by atoms with E-state index in [9.17, 15) is 0 Å². The van der Waals surface area contributed by atoms with Crippen molar-refractivity contribution in [1.82, 2.24) is 0 Å². The Bertz CT molecular complexity index is 720. The summed E-state index contributed by atoms with van der Waals surface area (Å²) >= 11 is 0. The Balaban J connectivity index is 1.87. The first-order chi connectivity index (χ1) is 9.83. The zero-order valence-electron chi connectivity index (χ0n) is 11.5. The predicted molar refractivity (Wildman–Crippen MR) is 82.8 cm³/mol. The van der Waals surface area contributed by atoms with Crippen LogP contribution in [0.3, 0.4) is 0 Å². The lowest BCUT2D eigenvalue weighted by Crippen LogP contribution is -2.12. The van der Waals surface area contributed by atoms with Gasteiger partial charge in [-0.05, 0) is 12.5 Å². The standard InChI is InChI=1S/C19H16O/c1-13-9-11-14(12-10-13)15-6-4-7-17-16-5-2-3-8-18(16)20-19(15)17/h2-7,9-12,18H,8H2,1H3. The molecule has 1 unspecified atom stereocenters. The van der Waals surface area contributed by atoms with E-state index in [1.165, 1.54) is 27.8 Å². The van der Waals surface area contributed by atoms with Crippen LogP contribution in [0.2, 0.25) is 0 Å². The summed E-state index contributed by atoms with van der Waals surface area (Å²) in [5.41, 5.74) is 6.26. The molecule has 0 saturated carbocycles. The molecule has 2 aromatic carbocycles. The van der Waals surface area contributed by atoms with E-state index >= 15 is 0 Å². The van der Waals surface area contributed by atoms with Gasteiger partial charge in [0.05, 0.1) is 0 Å². The summed E-state index contributed by atoms with van der Waals surface area (Å²) < 4.78 is 6.21. The number of ether oxygens (including phenoxy) is 1. The molecule has 1 aliphatic carbocycles. The van der Waals surface area contributed by atoms with Crippen molar-refractivity contribution in [2.45, 2.75) is 19.4 Å². The third kappa shape index (κ3) is 1.70. The molecule has 4 rings (SSSR count). The minimum Gasteiger partial charge on any atom is -0.484 e. The maximum absolute atomic E-state index is 6.21. The Morgan fingerprint density at radius 1 is 1.00 bits per heavy atom. The zero-order valence-corrected chi connectivity index (χ0v) is 11.5. The predicted octanol–water partition coefficient (Wildman–Crippen LogP) is 4.77. The van der Waals surface area contributed by atoms with Crippen LogP contribution < -0.4 is 4.74 Å². The molecule has 1 nitrogen and oxygen atoms in total. The summed E-state index contributed by atoms with van der Waals surface area (Å²) in [5, 5.41) is 0. The van der Waals surface area contributed by atoms with Crippen LogP contribution in [0.5, 0.6) is 5.75 Å². The summed E-state index contributed by atoms with van der Waals surface area (Å²) in [4.78, 5) is 0. The maximum atomic E-state index is 6.21. The van der Waals surface area contributed by atoms with E-state index in [0.717, 1.165) is 12.2 Å². The largest absolute Gasteiger partial charge is 0.484 e. The van der Waals surface area contributed by atoms with Gasteiger partial charge in [0, 0.05) is 23.1 Å². The lowest BCUT2D eigenvalue weighted by molar-refractivity contribution is 0.280. The Morgan fingerprint density at radius 3 is 2.65 bits per heavy atom. The molecule has 1 aliphatic heterocycles. The van der Waals surface area contributed by atoms with E-state index in [-0.39, 0.29) is 6.10 Å². The highest BCUT2D eigenvalue weighted by Gasteiger charge is 2.30. The second kappa shape index (κ2) is 4.38. The van der Waals surface area contributed by atoms with E-state index in [1.807, 2.05) is 0 Å². The van der Waals surface area contributed by atoms with Crippen molar-refractivity contribution in [3.63, 3.8) is 0 Å². The molecule has 0 fully saturated rings. The lowest BCUT2D eigenvalue weighted by atomic mass is 9.94. The highest BCUT2D eigenvalue weighted by molar-refractivity contribution is 5.86. The van der Waals surface area contributed by atoms with E-state index in [0.29, 0.717) is 0 Å². The minimum atomic E-state index is 0.196. The summed E-state index contributed by atoms with van der Waals surface area (Å²) in [6.07, 6.45) is 7.64. The number of rotatable bonds is 1. The fraction of sp³-hybridized carbons (Fsp3) is 0.158. The molecule has 0 amide bonds. The fourth-order valence-electron chi connectivity index (χ4n) is 2.98. The van der Waals surface area contributed by atoms with Crippen molar-refractivity contribution in [3.8, 4) is 16.9 Å². The van der Waals surface area contributed by atoms with E-state index in [4.69, 9.17) is 4.74 Å². The molecule has 0 aromatic heterocycles. The van der Waals surface area contributed by atoms with Crippen molar-refractivity contribution in [2.24, 2.45) is 0 Å². The minimum absolute atomic E-state index is 0.196. The molecule has 2 aromatic rings. The van der Waals surface area contributed by atoms with Gasteiger partial charge in [0.1, 0.15) is 11.9 Å². The van der Waals surface area contributed by atoms with E-state index < -0.39 is 0 Å². The fourth-order valence-corrected chi connectivity index (χ4v) is 2.98. The van der Waals surface area contributed by atoms with Gasteiger partial charge < -0.3 is 4.74 Å². The van der Waals surface area contributed by atoms with Crippen LogP contribution in [0.1, 0.15) is 17.5 Å². The number of hydrogen-bond acceptors (Lipinski definition) is 1. The Labute approximate surface area is 119 Å². The first-order valence-electron chi connectivity index (χ1n) is 7.07. The van der Waals surface area contributed by atoms with Gasteiger partial charge in [-0.25, -0.2) is 0 Å². The number of hydrogen-bond donors (Lipinski definition) is 0. The summed E-state index contributed by atoms with van der Waals surface area (Å²) in [5.74, 6) is 1.04. The van der Waals surface area contributed by atoms with Crippen LogP contribution in [0, 0.1) is 6.92 Å². The second-order valence-electron chi connectivity index (χ2n) is 5.44. The molecule has 0 saturated heterocycles. The van der Waals surface area contributed by atoms with E-state index in [2.05, 4.69) is 67.6 Å². The van der Waals surface area contributed by atoms with Gasteiger partial charge >= 0.3 is 0 Å². The van der Waals surface area contributed by atoms with Crippen LogP contribution in [0.4, 0.5) is 0 Å². The highest BCUT2D eigenvalue weighted by atomic mass is 16.5. The Morgan fingerprint density at radius 2 is 1.80 bits per heavy atom. The molecule has 0 radical (unpaired) electrons. The molecule has 1 heterocycles. The number of fused-ring (bicyclic) bond motifs is 3. The molecule has 20 heavy (non-hydrogen) atoms. The first-order valence-corrected chi connectivity index (χ1v) is 7.07. The smallest absolute Gasteiger partial charge is 0.135 e. The lowest BCUT2D eigenvalue weighted by Gasteiger charge is -2.13. The van der Waals surface area contributed by atoms with Crippen molar-refractivity contribution < 1.29 is 4.74 Å². The quantitative estimate of drug-likeness (QED) is 0.718. The van der Waals surface area contributed by atoms with Crippen LogP contribution in [0.15, 0.2) is 60.7 Å². The monoisotopic (exact) mass is 260 g/mol. The summed E-state index contributed by atoms with van der Waals surface area (Å²) in [6, 6.07) is 15.1. The molecule has 0 N–H and O–H groups in total. The molecule has 0 spiro atoms. The Kier molecular flexibility index (Phi) is 2.53. The van der Waals surface area contributed by atoms with Gasteiger partial charge in [0.25, 0.3) is 0 Å². The molecule has 2 aliphatic rings. The number of benzene rings is 2. The molecular weight excluding hydrogens is 244 g/mol. The van der Waals surface area contributed by atoms with Gasteiger partial charge in [0.15, 0.2) is 0 Å². The van der Waals surface area contributed by atoms with Crippen LogP contribution in [0.25, 0.3) is 16.7 Å². The topological polar surface area (TPSA) is 9.23 Å². The molecule has 1 heteroatoms. The molecule has 0 bridgehead atoms. The third-order valence-electron chi connectivity index (χ3n) is 4.06. The van der Waals surface area contributed by atoms with Crippen molar-refractivity contribution in [3.05, 3.63) is 71.8 Å². The van der Waals surface area contributed by atoms with Crippen LogP contribution in [-0.2, 0) is 0 Å². The zero-order chi connectivity index (χ0) is 13.5. The van der Waals surface area contributed by atoms with Crippen molar-refractivity contribution in [2.75, 3.05) is 0 Å². The van der Waals surface area contributed by atoms with E-state index in [1.54, 1.807) is 0 Å². The second-order valence-corrected chi connectivity index (χ2v) is 5.44. The van der Waals surface area contributed by atoms with Crippen LogP contribution in [-0.4, -0.2) is 6.10 Å². The van der Waals surface area contributed by atoms with Crippen LogP contribution >= 0.6 is 0 Å². The van der Waals surface area contributed by atoms with Crippen molar-refractivity contribution >= 4 is 5.57 Å². The normalized spacial score (nSPS) is 19.1. The van der Waals surface area contributed by atoms with Gasteiger partial charge in [-0.1, -0.05) is 66.3 Å². The summed E-state index contributed by atoms with van der Waals surface area (Å²) in [7, 11) is 0. The third-order valence-corrected chi connectivity index (χ3v) is 4.06.